The highest BCUT2D eigenvalue weighted by atomic mass is 19.1. The summed E-state index contributed by atoms with van der Waals surface area (Å²) in [4.78, 5) is 6.77. The molecule has 1 aliphatic rings. The van der Waals surface area contributed by atoms with Crippen LogP contribution in [0.25, 0.3) is 22.5 Å². The molecule has 0 amide bonds. The Bertz CT molecular complexity index is 1690. The van der Waals surface area contributed by atoms with Gasteiger partial charge < -0.3 is 9.84 Å². The van der Waals surface area contributed by atoms with Crippen molar-refractivity contribution in [2.45, 2.75) is 38.5 Å². The van der Waals surface area contributed by atoms with E-state index < -0.39 is 11.4 Å². The molecule has 0 aliphatic carbocycles. The number of pyridine rings is 2. The topological polar surface area (TPSA) is 122 Å². The average Bonchev–Trinajstić information content (AvgIpc) is 3.73. The Kier molecular flexibility index (Phi) is 6.53. The Morgan fingerprint density at radius 2 is 2.00 bits per heavy atom. The van der Waals surface area contributed by atoms with Crippen LogP contribution in [0.15, 0.2) is 61.6 Å². The van der Waals surface area contributed by atoms with Crippen molar-refractivity contribution >= 4 is 5.52 Å². The monoisotopic (exact) mass is 541 g/mol. The molecule has 5 aromatic rings. The third-order valence-electron chi connectivity index (χ3n) is 6.83. The minimum Gasteiger partial charge on any atom is -0.489 e. The molecule has 6 heterocycles. The Morgan fingerprint density at radius 1 is 1.12 bits per heavy atom. The number of ether oxygens (including phenoxy) is 1. The van der Waals surface area contributed by atoms with Gasteiger partial charge in [-0.25, -0.2) is 18.6 Å². The van der Waals surface area contributed by atoms with Gasteiger partial charge in [-0.1, -0.05) is 6.07 Å². The van der Waals surface area contributed by atoms with Crippen LogP contribution in [0.2, 0.25) is 0 Å². The van der Waals surface area contributed by atoms with Crippen molar-refractivity contribution in [2.75, 3.05) is 19.7 Å². The lowest BCUT2D eigenvalue weighted by Gasteiger charge is -2.18. The molecule has 0 spiro atoms. The molecule has 1 saturated heterocycles. The minimum absolute atomic E-state index is 0.113. The smallest absolute Gasteiger partial charge is 0.161 e. The zero-order chi connectivity index (χ0) is 27.9. The van der Waals surface area contributed by atoms with E-state index in [0.717, 1.165) is 48.9 Å². The lowest BCUT2D eigenvalue weighted by molar-refractivity contribution is 0.0283. The molecule has 0 radical (unpaired) electrons. The van der Waals surface area contributed by atoms with Crippen LogP contribution in [0.5, 0.6) is 5.75 Å². The molecule has 0 bridgehead atoms. The number of rotatable bonds is 8. The number of hydrogen-bond donors (Lipinski definition) is 1. The van der Waals surface area contributed by atoms with Gasteiger partial charge in [0, 0.05) is 43.2 Å². The number of fused-ring (bicyclic) bond motifs is 1. The van der Waals surface area contributed by atoms with Crippen molar-refractivity contribution in [3.63, 3.8) is 0 Å². The highest BCUT2D eigenvalue weighted by molar-refractivity contribution is 5.84. The van der Waals surface area contributed by atoms with Crippen LogP contribution >= 0.6 is 0 Å². The number of hydrogen-bond acceptors (Lipinski definition) is 8. The summed E-state index contributed by atoms with van der Waals surface area (Å²) in [5.41, 5.74) is 2.85. The summed E-state index contributed by atoms with van der Waals surface area (Å²) in [6.07, 6.45) is 12.2. The normalized spacial score (nSPS) is 16.0. The summed E-state index contributed by atoms with van der Waals surface area (Å²) in [6, 6.07) is 8.09. The Hall–Kier alpha value is -4.60. The first-order valence-corrected chi connectivity index (χ1v) is 12.9. The molecule has 40 heavy (non-hydrogen) atoms. The van der Waals surface area contributed by atoms with E-state index >= 15 is 0 Å². The Morgan fingerprint density at radius 3 is 2.73 bits per heavy atom. The van der Waals surface area contributed by atoms with Crippen molar-refractivity contribution in [3.8, 4) is 28.8 Å². The number of aliphatic hydroxyl groups is 1. The number of aromatic nitrogens is 7. The van der Waals surface area contributed by atoms with E-state index in [2.05, 4.69) is 31.2 Å². The molecule has 1 aliphatic heterocycles. The van der Waals surface area contributed by atoms with Crippen LogP contribution < -0.4 is 4.74 Å². The number of halogens is 1. The maximum Gasteiger partial charge on any atom is 0.161 e. The van der Waals surface area contributed by atoms with Gasteiger partial charge in [-0.05, 0) is 38.0 Å². The van der Waals surface area contributed by atoms with E-state index in [0.29, 0.717) is 22.6 Å². The van der Waals surface area contributed by atoms with Gasteiger partial charge in [0.05, 0.1) is 53.7 Å². The Balaban J connectivity index is 1.18. The minimum atomic E-state index is -0.992. The van der Waals surface area contributed by atoms with Crippen molar-refractivity contribution in [2.24, 2.45) is 0 Å². The van der Waals surface area contributed by atoms with Gasteiger partial charge in [0.25, 0.3) is 0 Å². The summed E-state index contributed by atoms with van der Waals surface area (Å²) in [7, 11) is 0. The second-order valence-corrected chi connectivity index (χ2v) is 10.7. The quantitative estimate of drug-likeness (QED) is 0.317. The molecule has 1 atom stereocenters. The standard InChI is InChI=1S/C28H28FN9O2/c1-28(2,39)18-40-24-7-25(27-20(8-30)10-33-38(27)17-24)21-11-32-36(14-21)23-5-6-35(16-23)13-19-3-4-26(31-9-19)37-15-22(29)12-34-37/h3-4,7,9-12,14-15,17,23,39H,5-6,13,16,18H2,1-2H3/t23-/m1/s1. The zero-order valence-corrected chi connectivity index (χ0v) is 22.1. The SMILES string of the molecule is CC(C)(O)COc1cc(-c2cnn([C@@H]3CCN(Cc4ccc(-n5cc(F)cn5)nc4)C3)c2)c2c(C#N)cnn2c1. The molecule has 0 aromatic carbocycles. The fourth-order valence-electron chi connectivity index (χ4n) is 4.92. The van der Waals surface area contributed by atoms with Crippen LogP contribution in [0.1, 0.15) is 37.4 Å². The second-order valence-electron chi connectivity index (χ2n) is 10.7. The van der Waals surface area contributed by atoms with Crippen molar-refractivity contribution in [1.82, 2.24) is 39.1 Å². The molecule has 6 rings (SSSR count). The predicted octanol–water partition coefficient (Wildman–Crippen LogP) is 3.39. The number of likely N-dealkylation sites (tertiary alicyclic amines) is 1. The van der Waals surface area contributed by atoms with Gasteiger partial charge in [0.15, 0.2) is 11.6 Å². The highest BCUT2D eigenvalue weighted by Crippen LogP contribution is 2.32. The molecule has 11 nitrogen and oxygen atoms in total. The molecule has 1 N–H and O–H groups in total. The molecule has 204 valence electrons. The summed E-state index contributed by atoms with van der Waals surface area (Å²) < 4.78 is 24.1. The molecule has 12 heteroatoms. The van der Waals surface area contributed by atoms with Gasteiger partial charge >= 0.3 is 0 Å². The molecular formula is C28H28FN9O2. The van der Waals surface area contributed by atoms with Crippen LogP contribution in [-0.4, -0.2) is 69.5 Å². The van der Waals surface area contributed by atoms with Gasteiger partial charge in [0.1, 0.15) is 18.4 Å². The third-order valence-corrected chi connectivity index (χ3v) is 6.83. The zero-order valence-electron chi connectivity index (χ0n) is 22.1. The number of nitrogens with zero attached hydrogens (tertiary/aromatic N) is 9. The molecule has 0 unspecified atom stereocenters. The van der Waals surface area contributed by atoms with E-state index in [1.54, 1.807) is 37.0 Å². The lowest BCUT2D eigenvalue weighted by atomic mass is 10.1. The van der Waals surface area contributed by atoms with Crippen LogP contribution in [0.4, 0.5) is 4.39 Å². The van der Waals surface area contributed by atoms with E-state index in [1.807, 2.05) is 29.1 Å². The van der Waals surface area contributed by atoms with E-state index in [-0.39, 0.29) is 12.6 Å². The highest BCUT2D eigenvalue weighted by Gasteiger charge is 2.25. The van der Waals surface area contributed by atoms with E-state index in [4.69, 9.17) is 4.74 Å². The van der Waals surface area contributed by atoms with Crippen LogP contribution in [0, 0.1) is 17.1 Å². The fraction of sp³-hybridized carbons (Fsp3) is 0.321. The van der Waals surface area contributed by atoms with Gasteiger partial charge in [-0.3, -0.25) is 9.58 Å². The van der Waals surface area contributed by atoms with Crippen LogP contribution in [0.3, 0.4) is 0 Å². The summed E-state index contributed by atoms with van der Waals surface area (Å²) >= 11 is 0. The average molecular weight is 542 g/mol. The lowest BCUT2D eigenvalue weighted by Crippen LogP contribution is -2.27. The largest absolute Gasteiger partial charge is 0.489 e. The first-order chi connectivity index (χ1) is 19.3. The van der Waals surface area contributed by atoms with Gasteiger partial charge in [-0.2, -0.15) is 20.6 Å². The molecular weight excluding hydrogens is 513 g/mol. The summed E-state index contributed by atoms with van der Waals surface area (Å²) in [5, 5.41) is 32.7. The van der Waals surface area contributed by atoms with E-state index in [1.165, 1.54) is 17.1 Å². The number of nitriles is 1. The van der Waals surface area contributed by atoms with Crippen molar-refractivity contribution in [3.05, 3.63) is 78.5 Å². The van der Waals surface area contributed by atoms with Gasteiger partial charge in [0.2, 0.25) is 0 Å². The van der Waals surface area contributed by atoms with Gasteiger partial charge in [-0.15, -0.1) is 0 Å². The third kappa shape index (κ3) is 5.29. The molecule has 5 aromatic heterocycles. The predicted molar refractivity (Wildman–Crippen MR) is 143 cm³/mol. The summed E-state index contributed by atoms with van der Waals surface area (Å²) in [6.45, 7) is 5.96. The summed E-state index contributed by atoms with van der Waals surface area (Å²) in [5.74, 6) is 0.703. The van der Waals surface area contributed by atoms with E-state index in [9.17, 15) is 14.8 Å². The fourth-order valence-corrected chi connectivity index (χ4v) is 4.92. The van der Waals surface area contributed by atoms with Crippen molar-refractivity contribution < 1.29 is 14.2 Å². The molecule has 1 fully saturated rings. The van der Waals surface area contributed by atoms with Crippen LogP contribution in [-0.2, 0) is 6.54 Å². The first kappa shape index (κ1) is 25.7. The van der Waals surface area contributed by atoms with Crippen molar-refractivity contribution in [1.29, 1.82) is 5.26 Å². The maximum absolute atomic E-state index is 13.3. The Labute approximate surface area is 229 Å². The second kappa shape index (κ2) is 10.2. The first-order valence-electron chi connectivity index (χ1n) is 12.9. The maximum atomic E-state index is 13.3. The molecule has 0 saturated carbocycles.